The summed E-state index contributed by atoms with van der Waals surface area (Å²) in [5.74, 6) is 1.02. The molecule has 0 aromatic heterocycles. The van der Waals surface area contributed by atoms with Gasteiger partial charge in [0.15, 0.2) is 0 Å². The van der Waals surface area contributed by atoms with Crippen LogP contribution in [0.1, 0.15) is 133 Å². The van der Waals surface area contributed by atoms with Crippen molar-refractivity contribution in [2.45, 2.75) is 135 Å². The van der Waals surface area contributed by atoms with E-state index in [1.165, 1.54) is 36.5 Å². The van der Waals surface area contributed by atoms with Gasteiger partial charge < -0.3 is 34.9 Å². The zero-order valence-corrected chi connectivity index (χ0v) is 36.5. The van der Waals surface area contributed by atoms with Gasteiger partial charge in [0.05, 0.1) is 25.0 Å². The number of methoxy groups -OCH3 is 2. The fourth-order valence-electron chi connectivity index (χ4n) is 11.8. The van der Waals surface area contributed by atoms with Gasteiger partial charge in [0.25, 0.3) is 0 Å². The number of aryl methyl sites for hydroxylation is 2. The van der Waals surface area contributed by atoms with E-state index in [9.17, 15) is 19.2 Å². The van der Waals surface area contributed by atoms with E-state index in [1.54, 1.807) is 0 Å². The van der Waals surface area contributed by atoms with Crippen molar-refractivity contribution in [1.29, 1.82) is 0 Å². The van der Waals surface area contributed by atoms with Crippen LogP contribution in [0.25, 0.3) is 0 Å². The summed E-state index contributed by atoms with van der Waals surface area (Å²) in [7, 11) is 2.97. The summed E-state index contributed by atoms with van der Waals surface area (Å²) >= 11 is 0. The van der Waals surface area contributed by atoms with Crippen molar-refractivity contribution in [2.75, 3.05) is 46.9 Å². The molecule has 59 heavy (non-hydrogen) atoms. The van der Waals surface area contributed by atoms with E-state index in [1.807, 2.05) is 24.3 Å². The average molecular weight is 816 g/mol. The van der Waals surface area contributed by atoms with Crippen LogP contribution in [-0.2, 0) is 47.5 Å². The van der Waals surface area contributed by atoms with E-state index in [0.29, 0.717) is 30.9 Å². The van der Waals surface area contributed by atoms with Crippen LogP contribution in [0.3, 0.4) is 0 Å². The van der Waals surface area contributed by atoms with E-state index >= 15 is 0 Å². The molecule has 1 amide bonds. The molecule has 3 N–H and O–H groups in total. The second kappa shape index (κ2) is 19.2. The Morgan fingerprint density at radius 2 is 1.08 bits per heavy atom. The molecule has 11 nitrogen and oxygen atoms in total. The number of amides is 1. The summed E-state index contributed by atoms with van der Waals surface area (Å²) in [6.07, 6.45) is 12.7. The topological polar surface area (TPSA) is 141 Å². The number of unbranched alkanes of at least 4 members (excludes halogenated alkanes) is 1. The van der Waals surface area contributed by atoms with Gasteiger partial charge >= 0.3 is 24.0 Å². The quantitative estimate of drug-likeness (QED) is 0.0821. The van der Waals surface area contributed by atoms with Crippen LogP contribution in [0, 0.1) is 22.7 Å². The summed E-state index contributed by atoms with van der Waals surface area (Å²) in [5.41, 5.74) is 3.61. The average Bonchev–Trinajstić information content (AvgIpc) is 3.22. The standard InChI is InChI=1S/C48H69N3O8/c1-45-22-10-24-47(3,42(53)56-5)39(45)20-16-33-14-18-35(31-37(33)45)58-41(52)13-9-28-49-26-7-8-27-50-29-12-30-51-44(55)59-36-19-15-34-17-21-40-46(2,38(34)32-36)23-11-25-48(40,4)43(54)57-6/h14-15,18-19,31-32,39-40,49-50H,7-13,16-17,20-30H2,1-6H3,(H,51,55)/t39-,40-,45-,46-,47+,48+/m1/s1. The highest BCUT2D eigenvalue weighted by Crippen LogP contribution is 2.59. The number of esters is 3. The van der Waals surface area contributed by atoms with Gasteiger partial charge in [0.1, 0.15) is 11.5 Å². The Kier molecular flexibility index (Phi) is 14.5. The Bertz CT molecular complexity index is 1700. The minimum atomic E-state index is -0.512. The van der Waals surface area contributed by atoms with E-state index in [4.69, 9.17) is 18.9 Å². The monoisotopic (exact) mass is 816 g/mol. The minimum Gasteiger partial charge on any atom is -0.469 e. The molecule has 0 aliphatic heterocycles. The minimum absolute atomic E-state index is 0.116. The van der Waals surface area contributed by atoms with Crippen LogP contribution >= 0.6 is 0 Å². The fraction of sp³-hybridized carbons (Fsp3) is 0.667. The van der Waals surface area contributed by atoms with Crippen molar-refractivity contribution >= 4 is 24.0 Å². The first kappa shape index (κ1) is 44.6. The molecule has 2 fully saturated rings. The zero-order valence-electron chi connectivity index (χ0n) is 36.5. The third-order valence-corrected chi connectivity index (χ3v) is 14.9. The van der Waals surface area contributed by atoms with Gasteiger partial charge in [-0.3, -0.25) is 14.4 Å². The largest absolute Gasteiger partial charge is 0.469 e. The van der Waals surface area contributed by atoms with Gasteiger partial charge in [-0.05, 0) is 186 Å². The lowest BCUT2D eigenvalue weighted by Gasteiger charge is -2.54. The van der Waals surface area contributed by atoms with E-state index < -0.39 is 16.9 Å². The molecule has 0 radical (unpaired) electrons. The van der Waals surface area contributed by atoms with Gasteiger partial charge in [0, 0.05) is 13.0 Å². The van der Waals surface area contributed by atoms with Crippen LogP contribution in [-0.4, -0.2) is 70.9 Å². The lowest BCUT2D eigenvalue weighted by Crippen LogP contribution is -2.52. The molecular formula is C48H69N3O8. The maximum absolute atomic E-state index is 12.9. The van der Waals surface area contributed by atoms with Crippen LogP contribution in [0.5, 0.6) is 11.5 Å². The van der Waals surface area contributed by atoms with E-state index in [0.717, 1.165) is 110 Å². The number of carbonyl (C=O) groups excluding carboxylic acids is 4. The third-order valence-electron chi connectivity index (χ3n) is 14.9. The van der Waals surface area contributed by atoms with Gasteiger partial charge in [-0.25, -0.2) is 4.79 Å². The third kappa shape index (κ3) is 9.51. The number of hydrogen-bond donors (Lipinski definition) is 3. The Morgan fingerprint density at radius 3 is 1.59 bits per heavy atom. The molecule has 0 saturated heterocycles. The maximum atomic E-state index is 12.9. The lowest BCUT2D eigenvalue weighted by molar-refractivity contribution is -0.162. The number of ether oxygens (including phenoxy) is 4. The lowest BCUT2D eigenvalue weighted by atomic mass is 9.50. The Labute approximate surface area is 351 Å². The first-order valence-corrected chi connectivity index (χ1v) is 22.3. The summed E-state index contributed by atoms with van der Waals surface area (Å²) in [4.78, 5) is 51.2. The molecule has 2 aromatic carbocycles. The molecule has 4 aliphatic carbocycles. The van der Waals surface area contributed by atoms with Crippen molar-refractivity contribution in [3.63, 3.8) is 0 Å². The van der Waals surface area contributed by atoms with Crippen molar-refractivity contribution in [2.24, 2.45) is 22.7 Å². The Hall–Kier alpha value is -3.96. The number of fused-ring (bicyclic) bond motifs is 6. The molecule has 6 rings (SSSR count). The van der Waals surface area contributed by atoms with Crippen LogP contribution in [0.15, 0.2) is 36.4 Å². The van der Waals surface area contributed by atoms with Crippen LogP contribution in [0.2, 0.25) is 0 Å². The summed E-state index contributed by atoms with van der Waals surface area (Å²) in [5, 5.41) is 9.76. The number of benzene rings is 2. The SMILES string of the molecule is COC(=O)[C@@]1(C)CCC[C@]2(C)c3cc(OC(=O)CCCNCCCCNCCCNC(=O)Oc4ccc5c(c4)[C@@]4(C)CCC[C@](C)(C(=O)OC)[C@@H]4CC5)ccc3CC[C@@H]12. The van der Waals surface area contributed by atoms with Crippen molar-refractivity contribution < 1.29 is 38.1 Å². The predicted octanol–water partition coefficient (Wildman–Crippen LogP) is 7.88. The zero-order chi connectivity index (χ0) is 42.3. The number of carbonyl (C=O) groups is 4. The summed E-state index contributed by atoms with van der Waals surface area (Å²) in [6.45, 7) is 12.5. The second-order valence-corrected chi connectivity index (χ2v) is 18.6. The van der Waals surface area contributed by atoms with Gasteiger partial charge in [-0.2, -0.15) is 0 Å². The molecule has 0 unspecified atom stereocenters. The van der Waals surface area contributed by atoms with Crippen molar-refractivity contribution in [3.05, 3.63) is 58.7 Å². The van der Waals surface area contributed by atoms with Gasteiger partial charge in [-0.15, -0.1) is 0 Å². The van der Waals surface area contributed by atoms with Crippen LogP contribution in [0.4, 0.5) is 4.79 Å². The number of nitrogens with one attached hydrogen (secondary N) is 3. The highest BCUT2D eigenvalue weighted by atomic mass is 16.6. The highest BCUT2D eigenvalue weighted by Gasteiger charge is 2.57. The van der Waals surface area contributed by atoms with Gasteiger partial charge in [0.2, 0.25) is 0 Å². The molecule has 2 saturated carbocycles. The predicted molar refractivity (Wildman–Crippen MR) is 228 cm³/mol. The highest BCUT2D eigenvalue weighted by molar-refractivity contribution is 5.78. The second-order valence-electron chi connectivity index (χ2n) is 18.6. The number of hydrogen-bond acceptors (Lipinski definition) is 10. The van der Waals surface area contributed by atoms with E-state index in [2.05, 4.69) is 55.8 Å². The molecule has 324 valence electrons. The van der Waals surface area contributed by atoms with Crippen molar-refractivity contribution in [3.8, 4) is 11.5 Å². The molecule has 11 heteroatoms. The molecule has 4 aliphatic rings. The smallest absolute Gasteiger partial charge is 0.412 e. The Balaban J connectivity index is 0.812. The summed E-state index contributed by atoms with van der Waals surface area (Å²) in [6, 6.07) is 12.0. The maximum Gasteiger partial charge on any atom is 0.412 e. The summed E-state index contributed by atoms with van der Waals surface area (Å²) < 4.78 is 22.0. The Morgan fingerprint density at radius 1 is 0.610 bits per heavy atom. The van der Waals surface area contributed by atoms with Gasteiger partial charge in [-0.1, -0.05) is 38.8 Å². The molecule has 6 atom stereocenters. The molecule has 0 heterocycles. The first-order chi connectivity index (χ1) is 28.3. The molecular weight excluding hydrogens is 747 g/mol. The van der Waals surface area contributed by atoms with Crippen molar-refractivity contribution in [1.82, 2.24) is 16.0 Å². The molecule has 2 aromatic rings. The normalized spacial score (nSPS) is 28.2. The van der Waals surface area contributed by atoms with Crippen LogP contribution < -0.4 is 25.4 Å². The fourth-order valence-corrected chi connectivity index (χ4v) is 11.8. The molecule has 0 bridgehead atoms. The number of rotatable bonds is 17. The first-order valence-electron chi connectivity index (χ1n) is 22.3. The molecule has 0 spiro atoms. The van der Waals surface area contributed by atoms with E-state index in [-0.39, 0.29) is 40.6 Å².